The fraction of sp³-hybridized carbons (Fsp3) is 1.00. The van der Waals surface area contributed by atoms with E-state index >= 15 is 0 Å². The van der Waals surface area contributed by atoms with Crippen LogP contribution in [-0.4, -0.2) is 37.1 Å². The number of quaternary nitrogens is 1. The standard InChI is InChI=1S/C9H18N2/c1-2-4-9(3-1)11-7-5-10-6-8-11/h9-10H,1-8H2/p+1. The van der Waals surface area contributed by atoms with E-state index in [1.165, 1.54) is 51.9 Å². The van der Waals surface area contributed by atoms with Crippen LogP contribution in [0.5, 0.6) is 0 Å². The lowest BCUT2D eigenvalue weighted by molar-refractivity contribution is -0.663. The summed E-state index contributed by atoms with van der Waals surface area (Å²) in [4.78, 5) is 2.70. The molecule has 2 rings (SSSR count). The maximum atomic E-state index is 2.70. The molecule has 2 heteroatoms. The van der Waals surface area contributed by atoms with E-state index in [4.69, 9.17) is 0 Å². The summed E-state index contributed by atoms with van der Waals surface area (Å²) in [6.07, 6.45) is 5.90. The molecule has 0 aromatic carbocycles. The van der Waals surface area contributed by atoms with Gasteiger partial charge in [0, 0.05) is 19.1 Å². The van der Waals surface area contributed by atoms with Gasteiger partial charge < -0.3 is 5.32 Å². The van der Waals surface area contributed by atoms with Gasteiger partial charge in [-0.05, 0) is 12.8 Å². The third kappa shape index (κ3) is 1.74. The van der Waals surface area contributed by atoms with Gasteiger partial charge in [-0.3, -0.25) is 4.90 Å². The average Bonchev–Trinajstić information content (AvgIpc) is 2.58. The van der Waals surface area contributed by atoms with Gasteiger partial charge in [0.15, 0.2) is 0 Å². The van der Waals surface area contributed by atoms with Crippen molar-refractivity contribution in [2.75, 3.05) is 26.2 Å². The molecular formula is C9H19N2+. The molecule has 0 radical (unpaired) electrons. The second kappa shape index (κ2) is 3.55. The van der Waals surface area contributed by atoms with E-state index in [1.54, 1.807) is 0 Å². The first-order valence-electron chi connectivity index (χ1n) is 5.02. The van der Waals surface area contributed by atoms with Crippen LogP contribution in [0.2, 0.25) is 0 Å². The minimum absolute atomic E-state index is 0.962. The molecule has 2 nitrogen and oxygen atoms in total. The van der Waals surface area contributed by atoms with Gasteiger partial charge in [0.25, 0.3) is 0 Å². The maximum absolute atomic E-state index is 2.70. The molecule has 1 saturated heterocycles. The summed E-state index contributed by atoms with van der Waals surface area (Å²) in [5.41, 5.74) is 0. The van der Waals surface area contributed by atoms with E-state index < -0.39 is 0 Å². The molecule has 11 heavy (non-hydrogen) atoms. The Bertz CT molecular complexity index is 113. The lowest BCUT2D eigenvalue weighted by Gasteiger charge is -2.30. The molecule has 2 aliphatic rings. The predicted octanol–water partition coefficient (Wildman–Crippen LogP) is -0.192. The van der Waals surface area contributed by atoms with Crippen molar-refractivity contribution in [3.05, 3.63) is 0 Å². The Balaban J connectivity index is 1.82. The second-order valence-corrected chi connectivity index (χ2v) is 3.84. The molecule has 0 bridgehead atoms. The van der Waals surface area contributed by atoms with Crippen LogP contribution in [0.4, 0.5) is 0 Å². The monoisotopic (exact) mass is 155 g/mol. The molecule has 1 heterocycles. The third-order valence-electron chi connectivity index (χ3n) is 3.08. The van der Waals surface area contributed by atoms with Crippen molar-refractivity contribution in [1.82, 2.24) is 4.90 Å². The van der Waals surface area contributed by atoms with E-state index in [0.29, 0.717) is 0 Å². The SMILES string of the molecule is C1CCC(N2CC[NH2+]CC2)C1. The molecule has 1 aliphatic heterocycles. The second-order valence-electron chi connectivity index (χ2n) is 3.84. The molecule has 1 aliphatic carbocycles. The van der Waals surface area contributed by atoms with Crippen molar-refractivity contribution in [2.45, 2.75) is 31.7 Å². The highest BCUT2D eigenvalue weighted by Gasteiger charge is 2.24. The molecule has 0 aromatic heterocycles. The van der Waals surface area contributed by atoms with Gasteiger partial charge in [-0.25, -0.2) is 0 Å². The highest BCUT2D eigenvalue weighted by atomic mass is 15.2. The Morgan fingerprint density at radius 1 is 1.00 bits per heavy atom. The maximum Gasteiger partial charge on any atom is 0.0885 e. The normalized spacial score (nSPS) is 29.5. The Labute approximate surface area is 69.0 Å². The van der Waals surface area contributed by atoms with Crippen LogP contribution in [-0.2, 0) is 0 Å². The van der Waals surface area contributed by atoms with Crippen LogP contribution in [0.25, 0.3) is 0 Å². The van der Waals surface area contributed by atoms with Gasteiger partial charge in [-0.1, -0.05) is 12.8 Å². The van der Waals surface area contributed by atoms with Crippen molar-refractivity contribution in [3.8, 4) is 0 Å². The van der Waals surface area contributed by atoms with E-state index in [9.17, 15) is 0 Å². The molecular weight excluding hydrogens is 136 g/mol. The van der Waals surface area contributed by atoms with Gasteiger partial charge in [0.2, 0.25) is 0 Å². The molecule has 0 unspecified atom stereocenters. The zero-order valence-electron chi connectivity index (χ0n) is 7.26. The number of rotatable bonds is 1. The summed E-state index contributed by atoms with van der Waals surface area (Å²) in [7, 11) is 0. The summed E-state index contributed by atoms with van der Waals surface area (Å²) >= 11 is 0. The fourth-order valence-corrected chi connectivity index (χ4v) is 2.40. The number of nitrogens with two attached hydrogens (primary N) is 1. The first kappa shape index (κ1) is 7.56. The lowest BCUT2D eigenvalue weighted by atomic mass is 10.2. The van der Waals surface area contributed by atoms with Gasteiger partial charge in [-0.15, -0.1) is 0 Å². The molecule has 0 atom stereocenters. The Kier molecular flexibility index (Phi) is 2.44. The minimum atomic E-state index is 0.962. The van der Waals surface area contributed by atoms with Crippen LogP contribution >= 0.6 is 0 Å². The molecule has 0 spiro atoms. The van der Waals surface area contributed by atoms with Crippen LogP contribution in [0.1, 0.15) is 25.7 Å². The molecule has 0 amide bonds. The summed E-state index contributed by atoms with van der Waals surface area (Å²) in [6, 6.07) is 0.962. The van der Waals surface area contributed by atoms with E-state index in [-0.39, 0.29) is 0 Å². The largest absolute Gasteiger partial charge is 0.344 e. The molecule has 1 saturated carbocycles. The van der Waals surface area contributed by atoms with E-state index in [1.807, 2.05) is 0 Å². The fourth-order valence-electron chi connectivity index (χ4n) is 2.40. The number of hydrogen-bond donors (Lipinski definition) is 1. The van der Waals surface area contributed by atoms with Crippen LogP contribution in [0.15, 0.2) is 0 Å². The van der Waals surface area contributed by atoms with E-state index in [0.717, 1.165) is 6.04 Å². The summed E-state index contributed by atoms with van der Waals surface area (Å²) < 4.78 is 0. The summed E-state index contributed by atoms with van der Waals surface area (Å²) in [6.45, 7) is 5.34. The average molecular weight is 155 g/mol. The first-order chi connectivity index (χ1) is 5.47. The smallest absolute Gasteiger partial charge is 0.0885 e. The third-order valence-corrected chi connectivity index (χ3v) is 3.08. The lowest BCUT2D eigenvalue weighted by Crippen LogP contribution is -2.90. The zero-order valence-corrected chi connectivity index (χ0v) is 7.26. The van der Waals surface area contributed by atoms with Gasteiger partial charge in [0.1, 0.15) is 0 Å². The van der Waals surface area contributed by atoms with Crippen molar-refractivity contribution in [2.24, 2.45) is 0 Å². The van der Waals surface area contributed by atoms with Crippen molar-refractivity contribution < 1.29 is 5.32 Å². The van der Waals surface area contributed by atoms with Crippen molar-refractivity contribution in [3.63, 3.8) is 0 Å². The van der Waals surface area contributed by atoms with Gasteiger partial charge in [0.05, 0.1) is 13.1 Å². The highest BCUT2D eigenvalue weighted by molar-refractivity contribution is 4.77. The first-order valence-corrected chi connectivity index (χ1v) is 5.02. The van der Waals surface area contributed by atoms with Crippen LogP contribution in [0.3, 0.4) is 0 Å². The number of piperazine rings is 1. The Morgan fingerprint density at radius 3 is 2.27 bits per heavy atom. The number of hydrogen-bond acceptors (Lipinski definition) is 1. The van der Waals surface area contributed by atoms with Gasteiger partial charge in [-0.2, -0.15) is 0 Å². The highest BCUT2D eigenvalue weighted by Crippen LogP contribution is 2.22. The topological polar surface area (TPSA) is 19.9 Å². The van der Waals surface area contributed by atoms with Crippen molar-refractivity contribution >= 4 is 0 Å². The minimum Gasteiger partial charge on any atom is -0.344 e. The van der Waals surface area contributed by atoms with Crippen LogP contribution < -0.4 is 5.32 Å². The molecule has 2 N–H and O–H groups in total. The quantitative estimate of drug-likeness (QED) is 0.556. The Hall–Kier alpha value is -0.0800. The number of nitrogens with zero attached hydrogens (tertiary/aromatic N) is 1. The summed E-state index contributed by atoms with van der Waals surface area (Å²) in [5.74, 6) is 0. The Morgan fingerprint density at radius 2 is 1.64 bits per heavy atom. The summed E-state index contributed by atoms with van der Waals surface area (Å²) in [5, 5.41) is 2.44. The molecule has 64 valence electrons. The molecule has 2 fully saturated rings. The van der Waals surface area contributed by atoms with Crippen molar-refractivity contribution in [1.29, 1.82) is 0 Å². The van der Waals surface area contributed by atoms with Gasteiger partial charge >= 0.3 is 0 Å². The predicted molar refractivity (Wildman–Crippen MR) is 45.5 cm³/mol. The molecule has 0 aromatic rings. The van der Waals surface area contributed by atoms with Crippen LogP contribution in [0, 0.1) is 0 Å². The van der Waals surface area contributed by atoms with E-state index in [2.05, 4.69) is 10.2 Å². The zero-order chi connectivity index (χ0) is 7.52.